The molecule has 0 aliphatic carbocycles. The van der Waals surface area contributed by atoms with Crippen LogP contribution in [-0.2, 0) is 9.47 Å². The Labute approximate surface area is 121 Å². The predicted molar refractivity (Wildman–Crippen MR) is 80.4 cm³/mol. The Morgan fingerprint density at radius 2 is 1.78 bits per heavy atom. The summed E-state index contributed by atoms with van der Waals surface area (Å²) >= 11 is 3.70. The Hall–Kier alpha value is 0.400. The predicted octanol–water partition coefficient (Wildman–Crippen LogP) is 4.41. The van der Waals surface area contributed by atoms with Gasteiger partial charge in [-0.3, -0.25) is 0 Å². The van der Waals surface area contributed by atoms with Crippen molar-refractivity contribution < 1.29 is 9.47 Å². The van der Waals surface area contributed by atoms with Crippen molar-refractivity contribution in [1.29, 1.82) is 0 Å². The molecular formula is C15H29BrO2. The van der Waals surface area contributed by atoms with Gasteiger partial charge in [-0.2, -0.15) is 0 Å². The summed E-state index contributed by atoms with van der Waals surface area (Å²) in [7, 11) is 0. The van der Waals surface area contributed by atoms with Crippen molar-refractivity contribution in [2.24, 2.45) is 11.3 Å². The van der Waals surface area contributed by atoms with Gasteiger partial charge in [-0.25, -0.2) is 0 Å². The van der Waals surface area contributed by atoms with Crippen LogP contribution in [0.5, 0.6) is 0 Å². The Kier molecular flexibility index (Phi) is 8.53. The third-order valence-electron chi connectivity index (χ3n) is 3.95. The number of ether oxygens (including phenoxy) is 2. The maximum absolute atomic E-state index is 6.05. The topological polar surface area (TPSA) is 18.5 Å². The summed E-state index contributed by atoms with van der Waals surface area (Å²) in [5.74, 6) is 0.718. The average Bonchev–Trinajstić information content (AvgIpc) is 2.40. The first-order valence-electron chi connectivity index (χ1n) is 7.48. The van der Waals surface area contributed by atoms with Crippen LogP contribution in [0.3, 0.4) is 0 Å². The van der Waals surface area contributed by atoms with Crippen LogP contribution >= 0.6 is 15.9 Å². The van der Waals surface area contributed by atoms with E-state index in [1.807, 2.05) is 0 Å². The maximum atomic E-state index is 6.05. The molecule has 1 heterocycles. The van der Waals surface area contributed by atoms with E-state index < -0.39 is 0 Å². The number of hydrogen-bond acceptors (Lipinski definition) is 2. The standard InChI is InChI=1S/C15H29BrO2/c1-3-7-15(12-16,8-4-2)13-18-11-14-5-9-17-10-6-14/h14H,3-13H2,1-2H3. The minimum atomic E-state index is 0.356. The molecule has 1 aliphatic rings. The number of rotatable bonds is 9. The van der Waals surface area contributed by atoms with E-state index >= 15 is 0 Å². The maximum Gasteiger partial charge on any atom is 0.0530 e. The van der Waals surface area contributed by atoms with E-state index in [4.69, 9.17) is 9.47 Å². The molecule has 2 nitrogen and oxygen atoms in total. The van der Waals surface area contributed by atoms with Gasteiger partial charge in [0.2, 0.25) is 0 Å². The highest BCUT2D eigenvalue weighted by molar-refractivity contribution is 9.09. The van der Waals surface area contributed by atoms with Gasteiger partial charge in [0.25, 0.3) is 0 Å². The van der Waals surface area contributed by atoms with E-state index in [0.29, 0.717) is 5.41 Å². The minimum absolute atomic E-state index is 0.356. The first-order chi connectivity index (χ1) is 8.76. The van der Waals surface area contributed by atoms with Crippen molar-refractivity contribution in [3.05, 3.63) is 0 Å². The summed E-state index contributed by atoms with van der Waals surface area (Å²) in [6, 6.07) is 0. The highest BCUT2D eigenvalue weighted by atomic mass is 79.9. The zero-order valence-corrected chi connectivity index (χ0v) is 13.6. The van der Waals surface area contributed by atoms with Gasteiger partial charge in [-0.1, -0.05) is 42.6 Å². The third-order valence-corrected chi connectivity index (χ3v) is 5.14. The molecule has 3 heteroatoms. The van der Waals surface area contributed by atoms with E-state index in [9.17, 15) is 0 Å². The molecule has 0 unspecified atom stereocenters. The van der Waals surface area contributed by atoms with Crippen LogP contribution in [0.25, 0.3) is 0 Å². The molecule has 1 fully saturated rings. The highest BCUT2D eigenvalue weighted by Crippen LogP contribution is 2.32. The molecule has 0 spiro atoms. The average molecular weight is 321 g/mol. The largest absolute Gasteiger partial charge is 0.381 e. The molecule has 0 bridgehead atoms. The Morgan fingerprint density at radius 3 is 2.28 bits per heavy atom. The summed E-state index contributed by atoms with van der Waals surface area (Å²) in [5, 5.41) is 1.06. The molecule has 0 amide bonds. The van der Waals surface area contributed by atoms with Crippen LogP contribution in [0, 0.1) is 11.3 Å². The van der Waals surface area contributed by atoms with Crippen molar-refractivity contribution in [2.45, 2.75) is 52.4 Å². The van der Waals surface area contributed by atoms with Crippen LogP contribution in [0.2, 0.25) is 0 Å². The molecule has 0 N–H and O–H groups in total. The molecule has 0 aromatic heterocycles. The van der Waals surface area contributed by atoms with Crippen molar-refractivity contribution in [2.75, 3.05) is 31.8 Å². The summed E-state index contributed by atoms with van der Waals surface area (Å²) in [6.45, 7) is 8.21. The molecular weight excluding hydrogens is 292 g/mol. The van der Waals surface area contributed by atoms with Crippen molar-refractivity contribution in [3.63, 3.8) is 0 Å². The number of halogens is 1. The van der Waals surface area contributed by atoms with Crippen LogP contribution in [0.4, 0.5) is 0 Å². The van der Waals surface area contributed by atoms with Gasteiger partial charge in [-0.15, -0.1) is 0 Å². The smallest absolute Gasteiger partial charge is 0.0530 e. The minimum Gasteiger partial charge on any atom is -0.381 e. The lowest BCUT2D eigenvalue weighted by atomic mass is 9.82. The zero-order chi connectivity index (χ0) is 13.3. The molecule has 108 valence electrons. The lowest BCUT2D eigenvalue weighted by Crippen LogP contribution is -2.30. The fourth-order valence-electron chi connectivity index (χ4n) is 2.86. The van der Waals surface area contributed by atoms with Gasteiger partial charge < -0.3 is 9.47 Å². The first-order valence-corrected chi connectivity index (χ1v) is 8.60. The molecule has 1 aliphatic heterocycles. The van der Waals surface area contributed by atoms with Gasteiger partial charge in [0.05, 0.1) is 6.61 Å². The number of hydrogen-bond donors (Lipinski definition) is 0. The SMILES string of the molecule is CCCC(CBr)(CCC)COCC1CCOCC1. The Balaban J connectivity index is 2.30. The van der Waals surface area contributed by atoms with Gasteiger partial charge in [0, 0.05) is 30.6 Å². The van der Waals surface area contributed by atoms with Crippen LogP contribution in [-0.4, -0.2) is 31.8 Å². The van der Waals surface area contributed by atoms with Crippen LogP contribution in [0.15, 0.2) is 0 Å². The Bertz CT molecular complexity index is 197. The fourth-order valence-corrected chi connectivity index (χ4v) is 3.58. The first kappa shape index (κ1) is 16.5. The van der Waals surface area contributed by atoms with E-state index in [1.165, 1.54) is 38.5 Å². The molecule has 1 saturated heterocycles. The second kappa shape index (κ2) is 9.33. The lowest BCUT2D eigenvalue weighted by molar-refractivity contribution is -0.00838. The normalized spacial score (nSPS) is 18.2. The molecule has 0 saturated carbocycles. The van der Waals surface area contributed by atoms with E-state index in [-0.39, 0.29) is 0 Å². The lowest BCUT2D eigenvalue weighted by Gasteiger charge is -2.32. The Morgan fingerprint density at radius 1 is 1.17 bits per heavy atom. The monoisotopic (exact) mass is 320 g/mol. The molecule has 0 atom stereocenters. The van der Waals surface area contributed by atoms with E-state index in [1.54, 1.807) is 0 Å². The third kappa shape index (κ3) is 5.58. The van der Waals surface area contributed by atoms with Gasteiger partial charge in [-0.05, 0) is 31.6 Å². The van der Waals surface area contributed by atoms with Gasteiger partial charge >= 0.3 is 0 Å². The summed E-state index contributed by atoms with van der Waals surface area (Å²) in [6.07, 6.45) is 7.35. The highest BCUT2D eigenvalue weighted by Gasteiger charge is 2.28. The van der Waals surface area contributed by atoms with E-state index in [2.05, 4.69) is 29.8 Å². The second-order valence-electron chi connectivity index (χ2n) is 5.70. The van der Waals surface area contributed by atoms with Crippen LogP contribution in [0.1, 0.15) is 52.4 Å². The summed E-state index contributed by atoms with van der Waals surface area (Å²) < 4.78 is 11.4. The van der Waals surface area contributed by atoms with Crippen LogP contribution < -0.4 is 0 Å². The van der Waals surface area contributed by atoms with Crippen molar-refractivity contribution in [3.8, 4) is 0 Å². The molecule has 1 rings (SSSR count). The molecule has 0 aromatic carbocycles. The number of alkyl halides is 1. The van der Waals surface area contributed by atoms with Gasteiger partial charge in [0.1, 0.15) is 0 Å². The quantitative estimate of drug-likeness (QED) is 0.586. The summed E-state index contributed by atoms with van der Waals surface area (Å²) in [4.78, 5) is 0. The van der Waals surface area contributed by atoms with Crippen molar-refractivity contribution >= 4 is 15.9 Å². The molecule has 0 aromatic rings. The van der Waals surface area contributed by atoms with Crippen molar-refractivity contribution in [1.82, 2.24) is 0 Å². The second-order valence-corrected chi connectivity index (χ2v) is 6.27. The zero-order valence-electron chi connectivity index (χ0n) is 12.0. The van der Waals surface area contributed by atoms with Gasteiger partial charge in [0.15, 0.2) is 0 Å². The molecule has 0 radical (unpaired) electrons. The fraction of sp³-hybridized carbons (Fsp3) is 1.00. The van der Waals surface area contributed by atoms with E-state index in [0.717, 1.165) is 37.7 Å². The molecule has 18 heavy (non-hydrogen) atoms. The summed E-state index contributed by atoms with van der Waals surface area (Å²) in [5.41, 5.74) is 0.356.